The van der Waals surface area contributed by atoms with Gasteiger partial charge in [0.1, 0.15) is 0 Å². The van der Waals surface area contributed by atoms with Crippen LogP contribution in [0.15, 0.2) is 0 Å². The molecule has 18 heavy (non-hydrogen) atoms. The third kappa shape index (κ3) is 3.49. The molecule has 0 radical (unpaired) electrons. The Hall–Kier alpha value is -1.01. The second-order valence-corrected chi connectivity index (χ2v) is 5.73. The van der Waals surface area contributed by atoms with Crippen molar-refractivity contribution in [2.75, 3.05) is 6.54 Å². The van der Waals surface area contributed by atoms with Gasteiger partial charge in [-0.2, -0.15) is 0 Å². The second-order valence-electron chi connectivity index (χ2n) is 5.73. The molecule has 1 aliphatic carbocycles. The number of terminal acetylenes is 1. The predicted molar refractivity (Wildman–Crippen MR) is 73.1 cm³/mol. The fourth-order valence-electron chi connectivity index (χ4n) is 3.08. The third-order valence-electron chi connectivity index (χ3n) is 4.28. The molecule has 1 saturated heterocycles. The lowest BCUT2D eigenvalue weighted by Crippen LogP contribution is -2.59. The van der Waals surface area contributed by atoms with Gasteiger partial charge in [0, 0.05) is 24.4 Å². The largest absolute Gasteiger partial charge is 0.353 e. The van der Waals surface area contributed by atoms with Crippen molar-refractivity contribution in [1.29, 1.82) is 0 Å². The lowest BCUT2D eigenvalue weighted by Gasteiger charge is -2.48. The second kappa shape index (κ2) is 6.24. The summed E-state index contributed by atoms with van der Waals surface area (Å²) < 4.78 is 0. The highest BCUT2D eigenvalue weighted by atomic mass is 16.1. The van der Waals surface area contributed by atoms with Gasteiger partial charge in [-0.1, -0.05) is 0 Å². The van der Waals surface area contributed by atoms with E-state index >= 15 is 0 Å². The zero-order valence-electron chi connectivity index (χ0n) is 11.1. The summed E-state index contributed by atoms with van der Waals surface area (Å²) in [4.78, 5) is 11.8. The maximum atomic E-state index is 11.8. The van der Waals surface area contributed by atoms with Crippen molar-refractivity contribution < 1.29 is 4.79 Å². The highest BCUT2D eigenvalue weighted by molar-refractivity contribution is 5.76. The highest BCUT2D eigenvalue weighted by Crippen LogP contribution is 2.38. The summed E-state index contributed by atoms with van der Waals surface area (Å²) in [6, 6.07) is 0.381. The Kier molecular flexibility index (Phi) is 4.66. The van der Waals surface area contributed by atoms with E-state index in [2.05, 4.69) is 16.6 Å². The monoisotopic (exact) mass is 248 g/mol. The summed E-state index contributed by atoms with van der Waals surface area (Å²) in [6.07, 6.45) is 14.5. The molecule has 2 N–H and O–H groups in total. The smallest absolute Gasteiger partial charge is 0.220 e. The minimum absolute atomic E-state index is 0.202. The van der Waals surface area contributed by atoms with Gasteiger partial charge in [-0.15, -0.1) is 12.3 Å². The number of amides is 1. The van der Waals surface area contributed by atoms with Crippen molar-refractivity contribution >= 4 is 5.91 Å². The molecule has 1 aliphatic heterocycles. The van der Waals surface area contributed by atoms with E-state index in [4.69, 9.17) is 6.42 Å². The van der Waals surface area contributed by atoms with Gasteiger partial charge < -0.3 is 10.6 Å². The van der Waals surface area contributed by atoms with Gasteiger partial charge in [0.15, 0.2) is 0 Å². The first-order chi connectivity index (χ1) is 8.74. The summed E-state index contributed by atoms with van der Waals surface area (Å²) in [6.45, 7) is 1.04. The van der Waals surface area contributed by atoms with E-state index in [1.807, 2.05) is 0 Å². The Labute approximate surface area is 110 Å². The molecule has 100 valence electrons. The van der Waals surface area contributed by atoms with E-state index in [-0.39, 0.29) is 5.91 Å². The van der Waals surface area contributed by atoms with E-state index < -0.39 is 0 Å². The molecule has 0 aromatic rings. The van der Waals surface area contributed by atoms with Gasteiger partial charge in [-0.3, -0.25) is 4.79 Å². The topological polar surface area (TPSA) is 41.1 Å². The van der Waals surface area contributed by atoms with Crippen LogP contribution in [0.5, 0.6) is 0 Å². The molecule has 0 bridgehead atoms. The Balaban J connectivity index is 1.66. The van der Waals surface area contributed by atoms with Crippen molar-refractivity contribution in [2.24, 2.45) is 0 Å². The lowest BCUT2D eigenvalue weighted by atomic mass is 9.70. The summed E-state index contributed by atoms with van der Waals surface area (Å²) in [5, 5.41) is 6.81. The Bertz CT molecular complexity index is 328. The molecule has 0 aromatic heterocycles. The van der Waals surface area contributed by atoms with Crippen molar-refractivity contribution in [3.05, 3.63) is 0 Å². The lowest BCUT2D eigenvalue weighted by molar-refractivity contribution is -0.122. The normalized spacial score (nSPS) is 25.2. The first-order valence-corrected chi connectivity index (χ1v) is 7.22. The predicted octanol–water partition coefficient (Wildman–Crippen LogP) is 1.97. The molecule has 2 aliphatic rings. The van der Waals surface area contributed by atoms with E-state index in [1.165, 1.54) is 19.3 Å². The van der Waals surface area contributed by atoms with Gasteiger partial charge in [-0.05, 0) is 51.5 Å². The number of hydrogen-bond acceptors (Lipinski definition) is 2. The van der Waals surface area contributed by atoms with Crippen LogP contribution in [-0.2, 0) is 4.79 Å². The molecule has 3 heteroatoms. The first-order valence-electron chi connectivity index (χ1n) is 7.22. The number of rotatable bonds is 5. The molecule has 1 atom stereocenters. The van der Waals surface area contributed by atoms with Crippen molar-refractivity contribution in [3.63, 3.8) is 0 Å². The fraction of sp³-hybridized carbons (Fsp3) is 0.800. The minimum atomic E-state index is 0.202. The van der Waals surface area contributed by atoms with E-state index in [1.54, 1.807) is 0 Å². The molecule has 1 amide bonds. The van der Waals surface area contributed by atoms with Crippen LogP contribution in [0.2, 0.25) is 0 Å². The van der Waals surface area contributed by atoms with Crippen LogP contribution >= 0.6 is 0 Å². The zero-order chi connectivity index (χ0) is 12.8. The number of carbonyl (C=O) groups is 1. The number of hydrogen-bond donors (Lipinski definition) is 2. The molecular weight excluding hydrogens is 224 g/mol. The Morgan fingerprint density at radius 3 is 2.94 bits per heavy atom. The Morgan fingerprint density at radius 1 is 1.44 bits per heavy atom. The van der Waals surface area contributed by atoms with Crippen LogP contribution in [0.4, 0.5) is 0 Å². The number of carbonyl (C=O) groups excluding carboxylic acids is 1. The molecule has 2 rings (SSSR count). The quantitative estimate of drug-likeness (QED) is 0.577. The average molecular weight is 248 g/mol. The average Bonchev–Trinajstić information content (AvgIpc) is 2.33. The van der Waals surface area contributed by atoms with E-state index in [9.17, 15) is 4.79 Å². The molecule has 1 saturated carbocycles. The zero-order valence-corrected chi connectivity index (χ0v) is 11.1. The molecule has 2 fully saturated rings. The van der Waals surface area contributed by atoms with Crippen LogP contribution in [-0.4, -0.2) is 24.0 Å². The molecule has 3 nitrogen and oxygen atoms in total. The molecule has 0 aromatic carbocycles. The van der Waals surface area contributed by atoms with Crippen LogP contribution in [0, 0.1) is 12.3 Å². The van der Waals surface area contributed by atoms with Gasteiger partial charge in [0.25, 0.3) is 0 Å². The molecule has 1 heterocycles. The fourth-order valence-corrected chi connectivity index (χ4v) is 3.08. The molecule has 1 unspecified atom stereocenters. The standard InChI is InChI=1S/C15H24N2O/c1-2-3-4-5-7-14(18)17-13-8-11-16-15(12-13)9-6-10-15/h1,13,16H,3-12H2,(H,17,18). The van der Waals surface area contributed by atoms with Crippen LogP contribution < -0.4 is 10.6 Å². The maximum Gasteiger partial charge on any atom is 0.220 e. The minimum Gasteiger partial charge on any atom is -0.353 e. The summed E-state index contributed by atoms with van der Waals surface area (Å²) in [5.74, 6) is 2.81. The van der Waals surface area contributed by atoms with Crippen LogP contribution in [0.1, 0.15) is 57.8 Å². The summed E-state index contributed by atoms with van der Waals surface area (Å²) in [7, 11) is 0. The van der Waals surface area contributed by atoms with Crippen LogP contribution in [0.25, 0.3) is 0 Å². The van der Waals surface area contributed by atoms with Gasteiger partial charge >= 0.3 is 0 Å². The number of unbranched alkanes of at least 4 members (excludes halogenated alkanes) is 2. The van der Waals surface area contributed by atoms with Gasteiger partial charge in [-0.25, -0.2) is 0 Å². The summed E-state index contributed by atoms with van der Waals surface area (Å²) in [5.41, 5.74) is 0.361. The maximum absolute atomic E-state index is 11.8. The third-order valence-corrected chi connectivity index (χ3v) is 4.28. The Morgan fingerprint density at radius 2 is 2.28 bits per heavy atom. The highest BCUT2D eigenvalue weighted by Gasteiger charge is 2.41. The van der Waals surface area contributed by atoms with Crippen LogP contribution in [0.3, 0.4) is 0 Å². The first kappa shape index (κ1) is 13.4. The van der Waals surface area contributed by atoms with Gasteiger partial charge in [0.05, 0.1) is 0 Å². The summed E-state index contributed by atoms with van der Waals surface area (Å²) >= 11 is 0. The van der Waals surface area contributed by atoms with Crippen molar-refractivity contribution in [3.8, 4) is 12.3 Å². The van der Waals surface area contributed by atoms with E-state index in [0.717, 1.165) is 38.6 Å². The number of nitrogens with one attached hydrogen (secondary N) is 2. The van der Waals surface area contributed by atoms with Gasteiger partial charge in [0.2, 0.25) is 5.91 Å². The molecule has 1 spiro atoms. The van der Waals surface area contributed by atoms with Crippen molar-refractivity contribution in [2.45, 2.75) is 69.4 Å². The SMILES string of the molecule is C#CCCCCC(=O)NC1CCNC2(CCC2)C1. The molecular formula is C15H24N2O. The van der Waals surface area contributed by atoms with E-state index in [0.29, 0.717) is 18.0 Å². The number of piperidine rings is 1. The van der Waals surface area contributed by atoms with Crippen molar-refractivity contribution in [1.82, 2.24) is 10.6 Å².